The Kier molecular flexibility index (Phi) is 5.51. The van der Waals surface area contributed by atoms with E-state index in [4.69, 9.17) is 4.42 Å². The van der Waals surface area contributed by atoms with E-state index in [-0.39, 0.29) is 11.9 Å². The molecule has 0 radical (unpaired) electrons. The molecule has 0 aliphatic rings. The van der Waals surface area contributed by atoms with E-state index in [1.807, 2.05) is 19.1 Å². The van der Waals surface area contributed by atoms with Gasteiger partial charge in [-0.15, -0.1) is 11.3 Å². The molecule has 0 saturated heterocycles. The number of thiophene rings is 2. The lowest BCUT2D eigenvalue weighted by molar-refractivity contribution is 0.0997. The van der Waals surface area contributed by atoms with Crippen LogP contribution in [0, 0.1) is 20.8 Å². The Hall–Kier alpha value is -2.90. The molecule has 1 amide bonds. The lowest BCUT2D eigenvalue weighted by Gasteiger charge is -2.21. The van der Waals surface area contributed by atoms with Crippen molar-refractivity contribution in [3.05, 3.63) is 86.4 Å². The molecular formula is C22H21N3O2S2. The van der Waals surface area contributed by atoms with E-state index in [1.165, 1.54) is 6.26 Å². The van der Waals surface area contributed by atoms with Gasteiger partial charge in [0.15, 0.2) is 5.76 Å². The van der Waals surface area contributed by atoms with Gasteiger partial charge in [-0.25, -0.2) is 4.98 Å². The molecule has 5 nitrogen and oxygen atoms in total. The van der Waals surface area contributed by atoms with Crippen molar-refractivity contribution in [3.63, 3.8) is 0 Å². The van der Waals surface area contributed by atoms with E-state index in [9.17, 15) is 4.79 Å². The van der Waals surface area contributed by atoms with E-state index >= 15 is 0 Å². The molecule has 1 atom stereocenters. The van der Waals surface area contributed by atoms with E-state index in [0.717, 1.165) is 37.9 Å². The predicted octanol–water partition coefficient (Wildman–Crippen LogP) is 6.18. The Morgan fingerprint density at radius 1 is 1.21 bits per heavy atom. The molecule has 0 aromatic carbocycles. The van der Waals surface area contributed by atoms with Crippen molar-refractivity contribution >= 4 is 39.4 Å². The van der Waals surface area contributed by atoms with Gasteiger partial charge >= 0.3 is 0 Å². The second-order valence-corrected chi connectivity index (χ2v) is 8.81. The van der Waals surface area contributed by atoms with Crippen molar-refractivity contribution in [2.75, 3.05) is 10.6 Å². The molecule has 4 aromatic rings. The molecule has 0 saturated carbocycles. The molecule has 29 heavy (non-hydrogen) atoms. The van der Waals surface area contributed by atoms with E-state index < -0.39 is 0 Å². The van der Waals surface area contributed by atoms with Crippen molar-refractivity contribution in [2.24, 2.45) is 0 Å². The van der Waals surface area contributed by atoms with Gasteiger partial charge in [0, 0.05) is 16.6 Å². The number of pyridine rings is 1. The highest BCUT2D eigenvalue weighted by Gasteiger charge is 2.26. The van der Waals surface area contributed by atoms with Gasteiger partial charge in [-0.1, -0.05) is 0 Å². The van der Waals surface area contributed by atoms with Crippen LogP contribution in [0.5, 0.6) is 0 Å². The molecule has 0 aliphatic carbocycles. The molecule has 2 N–H and O–H groups in total. The third kappa shape index (κ3) is 4.11. The second-order valence-electron chi connectivity index (χ2n) is 6.81. The van der Waals surface area contributed by atoms with Crippen molar-refractivity contribution in [3.8, 4) is 0 Å². The molecule has 148 valence electrons. The minimum absolute atomic E-state index is 0.132. The number of aryl methyl sites for hydroxylation is 2. The van der Waals surface area contributed by atoms with Crippen LogP contribution in [0.3, 0.4) is 0 Å². The Morgan fingerprint density at radius 3 is 2.76 bits per heavy atom. The molecular weight excluding hydrogens is 402 g/mol. The first kappa shape index (κ1) is 19.4. The number of hydrogen-bond acceptors (Lipinski definition) is 6. The molecule has 0 fully saturated rings. The van der Waals surface area contributed by atoms with Crippen LogP contribution in [0.2, 0.25) is 0 Å². The summed E-state index contributed by atoms with van der Waals surface area (Å²) in [6.07, 6.45) is 3.30. The quantitative estimate of drug-likeness (QED) is 0.389. The fourth-order valence-electron chi connectivity index (χ4n) is 3.18. The van der Waals surface area contributed by atoms with Gasteiger partial charge in [-0.05, 0) is 78.6 Å². The number of carbonyl (C=O) groups is 1. The summed E-state index contributed by atoms with van der Waals surface area (Å²) in [5.41, 5.74) is 4.47. The summed E-state index contributed by atoms with van der Waals surface area (Å²) in [5.74, 6) is 0.836. The number of carbonyl (C=O) groups excluding carboxylic acids is 1. The summed E-state index contributed by atoms with van der Waals surface area (Å²) in [6, 6.07) is 9.33. The predicted molar refractivity (Wildman–Crippen MR) is 119 cm³/mol. The number of hydrogen-bond donors (Lipinski definition) is 2. The zero-order valence-electron chi connectivity index (χ0n) is 16.4. The van der Waals surface area contributed by atoms with Crippen LogP contribution in [-0.4, -0.2) is 10.9 Å². The minimum atomic E-state index is -0.254. The number of anilines is 2. The topological polar surface area (TPSA) is 67.2 Å². The van der Waals surface area contributed by atoms with Crippen molar-refractivity contribution in [2.45, 2.75) is 26.8 Å². The summed E-state index contributed by atoms with van der Waals surface area (Å²) >= 11 is 3.22. The highest BCUT2D eigenvalue weighted by atomic mass is 32.1. The monoisotopic (exact) mass is 423 g/mol. The Bertz CT molecular complexity index is 1120. The summed E-state index contributed by atoms with van der Waals surface area (Å²) in [7, 11) is 0. The SMILES string of the molecule is Cc1ccnc(N[C@H](c2ccsc2)c2c(NC(=O)c3ccco3)sc(C)c2C)c1. The first-order valence-corrected chi connectivity index (χ1v) is 10.9. The number of nitrogens with zero attached hydrogens (tertiary/aromatic N) is 1. The van der Waals surface area contributed by atoms with Gasteiger partial charge in [0.25, 0.3) is 5.91 Å². The molecule has 0 spiro atoms. The molecule has 0 unspecified atom stereocenters. The zero-order chi connectivity index (χ0) is 20.4. The van der Waals surface area contributed by atoms with Crippen LogP contribution < -0.4 is 10.6 Å². The highest BCUT2D eigenvalue weighted by Crippen LogP contribution is 2.41. The first-order chi connectivity index (χ1) is 14.0. The van der Waals surface area contributed by atoms with Crippen molar-refractivity contribution in [1.29, 1.82) is 0 Å². The van der Waals surface area contributed by atoms with Gasteiger partial charge in [0.1, 0.15) is 10.8 Å². The van der Waals surface area contributed by atoms with Crippen LogP contribution in [0.1, 0.15) is 43.7 Å². The average Bonchev–Trinajstić information content (AvgIpc) is 3.44. The fourth-order valence-corrected chi connectivity index (χ4v) is 4.96. The standard InChI is InChI=1S/C22H21N3O2S2/c1-13-6-8-23-18(11-13)24-20(16-7-10-28-12-16)19-14(2)15(3)29-22(19)25-21(26)17-5-4-9-27-17/h4-12,20H,1-3H3,(H,23,24)(H,25,26)/t20-/m1/s1. The molecule has 0 bridgehead atoms. The third-order valence-electron chi connectivity index (χ3n) is 4.78. The van der Waals surface area contributed by atoms with Crippen LogP contribution in [0.25, 0.3) is 0 Å². The maximum atomic E-state index is 12.6. The number of aromatic nitrogens is 1. The number of rotatable bonds is 6. The van der Waals surface area contributed by atoms with E-state index in [0.29, 0.717) is 5.76 Å². The molecule has 4 aromatic heterocycles. The number of furan rings is 1. The average molecular weight is 424 g/mol. The summed E-state index contributed by atoms with van der Waals surface area (Å²) in [6.45, 7) is 6.21. The van der Waals surface area contributed by atoms with Crippen LogP contribution in [0.4, 0.5) is 10.8 Å². The highest BCUT2D eigenvalue weighted by molar-refractivity contribution is 7.16. The van der Waals surface area contributed by atoms with Gasteiger partial charge < -0.3 is 15.1 Å². The minimum Gasteiger partial charge on any atom is -0.459 e. The van der Waals surface area contributed by atoms with Crippen LogP contribution in [-0.2, 0) is 0 Å². The lowest BCUT2D eigenvalue weighted by Crippen LogP contribution is -2.17. The lowest BCUT2D eigenvalue weighted by atomic mass is 9.98. The zero-order valence-corrected chi connectivity index (χ0v) is 18.0. The smallest absolute Gasteiger partial charge is 0.291 e. The maximum Gasteiger partial charge on any atom is 0.291 e. The maximum absolute atomic E-state index is 12.6. The van der Waals surface area contributed by atoms with E-state index in [1.54, 1.807) is 41.0 Å². The second kappa shape index (κ2) is 8.23. The van der Waals surface area contributed by atoms with Gasteiger partial charge in [0.05, 0.1) is 12.3 Å². The van der Waals surface area contributed by atoms with Crippen LogP contribution in [0.15, 0.2) is 58.0 Å². The Labute approximate surface area is 177 Å². The van der Waals surface area contributed by atoms with Gasteiger partial charge in [-0.3, -0.25) is 4.79 Å². The van der Waals surface area contributed by atoms with Gasteiger partial charge in [-0.2, -0.15) is 11.3 Å². The summed E-state index contributed by atoms with van der Waals surface area (Å²) < 4.78 is 5.25. The number of amides is 1. The summed E-state index contributed by atoms with van der Waals surface area (Å²) in [5, 5.41) is 11.6. The fraction of sp³-hybridized carbons (Fsp3) is 0.182. The molecule has 4 rings (SSSR count). The third-order valence-corrected chi connectivity index (χ3v) is 6.62. The largest absolute Gasteiger partial charge is 0.459 e. The number of nitrogens with one attached hydrogen (secondary N) is 2. The van der Waals surface area contributed by atoms with E-state index in [2.05, 4.69) is 46.3 Å². The Morgan fingerprint density at radius 2 is 2.07 bits per heavy atom. The molecule has 4 heterocycles. The first-order valence-electron chi connectivity index (χ1n) is 9.19. The molecule has 0 aliphatic heterocycles. The summed E-state index contributed by atoms with van der Waals surface area (Å²) in [4.78, 5) is 18.3. The van der Waals surface area contributed by atoms with Crippen molar-refractivity contribution < 1.29 is 9.21 Å². The van der Waals surface area contributed by atoms with Crippen molar-refractivity contribution in [1.82, 2.24) is 4.98 Å². The Balaban J connectivity index is 1.75. The van der Waals surface area contributed by atoms with Gasteiger partial charge in [0.2, 0.25) is 0 Å². The van der Waals surface area contributed by atoms with Crippen LogP contribution >= 0.6 is 22.7 Å². The normalized spacial score (nSPS) is 12.0. The molecule has 7 heteroatoms.